The molecule has 1 aliphatic rings. The number of carboxylic acid groups (broad SMARTS) is 1. The van der Waals surface area contributed by atoms with Crippen molar-refractivity contribution in [3.05, 3.63) is 52.4 Å². The summed E-state index contributed by atoms with van der Waals surface area (Å²) in [6.07, 6.45) is 2.93. The van der Waals surface area contributed by atoms with Crippen molar-refractivity contribution in [2.75, 3.05) is 26.4 Å². The van der Waals surface area contributed by atoms with E-state index in [1.165, 1.54) is 0 Å². The van der Waals surface area contributed by atoms with Gasteiger partial charge in [-0.05, 0) is 49.6 Å². The van der Waals surface area contributed by atoms with Crippen LogP contribution in [0.3, 0.4) is 0 Å². The highest BCUT2D eigenvalue weighted by Crippen LogP contribution is 2.35. The van der Waals surface area contributed by atoms with Crippen molar-refractivity contribution in [3.8, 4) is 28.4 Å². The molecule has 1 amide bonds. The molecule has 1 aromatic heterocycles. The Bertz CT molecular complexity index is 1310. The van der Waals surface area contributed by atoms with Gasteiger partial charge in [-0.3, -0.25) is 14.4 Å². The van der Waals surface area contributed by atoms with Crippen LogP contribution in [0.25, 0.3) is 22.1 Å². The quantitative estimate of drug-likeness (QED) is 0.404. The van der Waals surface area contributed by atoms with Gasteiger partial charge in [-0.2, -0.15) is 0 Å². The van der Waals surface area contributed by atoms with E-state index in [1.807, 2.05) is 6.07 Å². The lowest BCUT2D eigenvalue weighted by atomic mass is 10.0. The second kappa shape index (κ2) is 11.6. The van der Waals surface area contributed by atoms with Crippen molar-refractivity contribution < 1.29 is 33.3 Å². The number of nitrogens with one attached hydrogen (secondary N) is 1. The molecule has 0 radical (unpaired) electrons. The van der Waals surface area contributed by atoms with Crippen molar-refractivity contribution in [1.82, 2.24) is 5.32 Å². The second-order valence-electron chi connectivity index (χ2n) is 8.58. The molecule has 3 aromatic rings. The van der Waals surface area contributed by atoms with Crippen molar-refractivity contribution in [2.45, 2.75) is 39.0 Å². The maximum Gasteiger partial charge on any atom is 0.303 e. The number of unbranched alkanes of at least 4 members (excludes halogenated alkanes) is 2. The Morgan fingerprint density at radius 1 is 1.03 bits per heavy atom. The Hall–Kier alpha value is -4.01. The number of fused-ring (bicyclic) bond motifs is 2. The van der Waals surface area contributed by atoms with Crippen LogP contribution in [0.4, 0.5) is 0 Å². The van der Waals surface area contributed by atoms with Gasteiger partial charge in [0.05, 0.1) is 24.2 Å². The number of hydrogen-bond acceptors (Lipinski definition) is 7. The van der Waals surface area contributed by atoms with Gasteiger partial charge in [0.15, 0.2) is 18.1 Å². The highest BCUT2D eigenvalue weighted by Gasteiger charge is 2.18. The molecule has 190 valence electrons. The molecule has 0 fully saturated rings. The molecule has 4 rings (SSSR count). The van der Waals surface area contributed by atoms with Gasteiger partial charge in [0.25, 0.3) is 5.91 Å². The predicted octanol–water partition coefficient (Wildman–Crippen LogP) is 4.07. The minimum Gasteiger partial charge on any atom is -0.490 e. The van der Waals surface area contributed by atoms with Crippen LogP contribution in [-0.4, -0.2) is 43.3 Å². The van der Waals surface area contributed by atoms with Crippen molar-refractivity contribution >= 4 is 22.8 Å². The third kappa shape index (κ3) is 6.16. The van der Waals surface area contributed by atoms with Gasteiger partial charge in [0.2, 0.25) is 5.43 Å². The topological polar surface area (TPSA) is 124 Å². The number of hydrogen-bond donors (Lipinski definition) is 2. The van der Waals surface area contributed by atoms with Crippen molar-refractivity contribution in [2.24, 2.45) is 0 Å². The summed E-state index contributed by atoms with van der Waals surface area (Å²) in [6.45, 7) is 3.14. The van der Waals surface area contributed by atoms with E-state index in [1.54, 1.807) is 37.3 Å². The molecule has 9 nitrogen and oxygen atoms in total. The predicted molar refractivity (Wildman–Crippen MR) is 133 cm³/mol. The average molecular weight is 496 g/mol. The van der Waals surface area contributed by atoms with E-state index in [4.69, 9.17) is 23.7 Å². The van der Waals surface area contributed by atoms with Crippen LogP contribution < -0.4 is 25.0 Å². The first-order valence-corrected chi connectivity index (χ1v) is 12.0. The summed E-state index contributed by atoms with van der Waals surface area (Å²) in [5.41, 5.74) is 1.34. The van der Waals surface area contributed by atoms with Crippen LogP contribution in [0.15, 0.2) is 45.6 Å². The Morgan fingerprint density at radius 2 is 1.83 bits per heavy atom. The fourth-order valence-corrected chi connectivity index (χ4v) is 4.03. The van der Waals surface area contributed by atoms with Gasteiger partial charge in [0.1, 0.15) is 17.1 Å². The normalized spacial score (nSPS) is 12.7. The number of amides is 1. The molecule has 2 heterocycles. The SMILES string of the molecule is Cc1oc2cc(OCC(=O)NCCCCCC(=O)O)ccc2c(=O)c1-c1ccc2c(c1)OCCCO2. The van der Waals surface area contributed by atoms with E-state index in [-0.39, 0.29) is 24.4 Å². The number of carbonyl (C=O) groups is 2. The molecule has 2 N–H and O–H groups in total. The van der Waals surface area contributed by atoms with Gasteiger partial charge < -0.3 is 29.1 Å². The molecule has 0 atom stereocenters. The molecule has 0 saturated heterocycles. The van der Waals surface area contributed by atoms with Crippen LogP contribution in [0.5, 0.6) is 17.2 Å². The van der Waals surface area contributed by atoms with Crippen molar-refractivity contribution in [3.63, 3.8) is 0 Å². The highest BCUT2D eigenvalue weighted by molar-refractivity contribution is 5.84. The number of ether oxygens (including phenoxy) is 3. The molecule has 2 aromatic carbocycles. The largest absolute Gasteiger partial charge is 0.490 e. The van der Waals surface area contributed by atoms with E-state index < -0.39 is 5.97 Å². The molecule has 36 heavy (non-hydrogen) atoms. The van der Waals surface area contributed by atoms with Crippen LogP contribution >= 0.6 is 0 Å². The van der Waals surface area contributed by atoms with Gasteiger partial charge in [0, 0.05) is 25.5 Å². The third-order valence-corrected chi connectivity index (χ3v) is 5.84. The minimum atomic E-state index is -0.816. The first-order valence-electron chi connectivity index (χ1n) is 12.0. The lowest BCUT2D eigenvalue weighted by Gasteiger charge is -2.12. The van der Waals surface area contributed by atoms with Crippen LogP contribution in [0.2, 0.25) is 0 Å². The first-order chi connectivity index (χ1) is 17.4. The first kappa shape index (κ1) is 25.1. The lowest BCUT2D eigenvalue weighted by Crippen LogP contribution is -2.29. The number of aryl methyl sites for hydroxylation is 1. The van der Waals surface area contributed by atoms with Gasteiger partial charge in [-0.1, -0.05) is 12.5 Å². The molecule has 1 aliphatic heterocycles. The summed E-state index contributed by atoms with van der Waals surface area (Å²) >= 11 is 0. The summed E-state index contributed by atoms with van der Waals surface area (Å²) < 4.78 is 23.0. The summed E-state index contributed by atoms with van der Waals surface area (Å²) in [4.78, 5) is 35.9. The molecular weight excluding hydrogens is 466 g/mol. The number of rotatable bonds is 10. The number of carboxylic acids is 1. The van der Waals surface area contributed by atoms with Crippen LogP contribution in [0.1, 0.15) is 37.9 Å². The van der Waals surface area contributed by atoms with Gasteiger partial charge >= 0.3 is 5.97 Å². The summed E-state index contributed by atoms with van der Waals surface area (Å²) in [6, 6.07) is 10.3. The van der Waals surface area contributed by atoms with E-state index in [2.05, 4.69) is 5.32 Å². The molecular formula is C27H29NO8. The molecule has 0 spiro atoms. The van der Waals surface area contributed by atoms with Crippen molar-refractivity contribution in [1.29, 1.82) is 0 Å². The van der Waals surface area contributed by atoms with Gasteiger partial charge in [-0.15, -0.1) is 0 Å². The summed E-state index contributed by atoms with van der Waals surface area (Å²) in [7, 11) is 0. The molecule has 0 bridgehead atoms. The lowest BCUT2D eigenvalue weighted by molar-refractivity contribution is -0.137. The fourth-order valence-electron chi connectivity index (χ4n) is 4.03. The van der Waals surface area contributed by atoms with E-state index in [0.717, 1.165) is 12.8 Å². The van der Waals surface area contributed by atoms with E-state index >= 15 is 0 Å². The number of aliphatic carboxylic acids is 1. The monoisotopic (exact) mass is 495 g/mol. The standard InChI is InChI=1S/C27H29NO8/c1-17-26(18-7-10-21-23(14-18)34-13-5-12-33-21)27(32)20-9-8-19(15-22(20)36-17)35-16-24(29)28-11-4-2-3-6-25(30)31/h7-10,14-15H,2-6,11-13,16H2,1H3,(H,28,29)(H,30,31). The zero-order chi connectivity index (χ0) is 25.5. The third-order valence-electron chi connectivity index (χ3n) is 5.84. The smallest absolute Gasteiger partial charge is 0.303 e. The molecule has 0 aliphatic carbocycles. The molecule has 0 unspecified atom stereocenters. The highest BCUT2D eigenvalue weighted by atomic mass is 16.5. The fraction of sp³-hybridized carbons (Fsp3) is 0.370. The van der Waals surface area contributed by atoms with Gasteiger partial charge in [-0.25, -0.2) is 0 Å². The number of benzene rings is 2. The molecule has 9 heteroatoms. The zero-order valence-electron chi connectivity index (χ0n) is 20.1. The number of carbonyl (C=O) groups excluding carboxylic acids is 1. The Morgan fingerprint density at radius 3 is 2.64 bits per heavy atom. The second-order valence-corrected chi connectivity index (χ2v) is 8.58. The Kier molecular flexibility index (Phi) is 8.10. The minimum absolute atomic E-state index is 0.132. The summed E-state index contributed by atoms with van der Waals surface area (Å²) in [5, 5.41) is 11.8. The van der Waals surface area contributed by atoms with Crippen LogP contribution in [0, 0.1) is 6.92 Å². The Balaban J connectivity index is 1.42. The maximum absolute atomic E-state index is 13.3. The zero-order valence-corrected chi connectivity index (χ0v) is 20.1. The molecule has 0 saturated carbocycles. The summed E-state index contributed by atoms with van der Waals surface area (Å²) in [5.74, 6) is 1.03. The van der Waals surface area contributed by atoms with E-state index in [0.29, 0.717) is 77.7 Å². The average Bonchev–Trinajstić information content (AvgIpc) is 3.09. The maximum atomic E-state index is 13.3. The Labute approximate surface area is 208 Å². The van der Waals surface area contributed by atoms with E-state index in [9.17, 15) is 14.4 Å². The van der Waals surface area contributed by atoms with Crippen LogP contribution in [-0.2, 0) is 9.59 Å².